The fourth-order valence-electron chi connectivity index (χ4n) is 3.56. The molecule has 120 valence electrons. The molecule has 1 amide bonds. The van der Waals surface area contributed by atoms with Gasteiger partial charge in [-0.3, -0.25) is 4.90 Å². The lowest BCUT2D eigenvalue weighted by Gasteiger charge is -2.43. The van der Waals surface area contributed by atoms with Crippen LogP contribution in [0.1, 0.15) is 47.0 Å². The van der Waals surface area contributed by atoms with E-state index in [1.165, 1.54) is 4.90 Å². The van der Waals surface area contributed by atoms with Crippen LogP contribution in [-0.2, 0) is 14.3 Å². The van der Waals surface area contributed by atoms with Gasteiger partial charge in [-0.25, -0.2) is 9.59 Å². The molecule has 1 heterocycles. The second-order valence-corrected chi connectivity index (χ2v) is 6.82. The molecule has 21 heavy (non-hydrogen) atoms. The van der Waals surface area contributed by atoms with Crippen LogP contribution in [0.2, 0.25) is 0 Å². The van der Waals surface area contributed by atoms with Gasteiger partial charge in [0.15, 0.2) is 5.54 Å². The van der Waals surface area contributed by atoms with Crippen LogP contribution < -0.4 is 0 Å². The topological polar surface area (TPSA) is 76.1 Å². The summed E-state index contributed by atoms with van der Waals surface area (Å²) < 4.78 is 10.6. The summed E-state index contributed by atoms with van der Waals surface area (Å²) in [6.45, 7) is 6.86. The highest BCUT2D eigenvalue weighted by atomic mass is 16.6. The smallest absolute Gasteiger partial charge is 0.411 e. The lowest BCUT2D eigenvalue weighted by atomic mass is 9.83. The quantitative estimate of drug-likeness (QED) is 0.803. The lowest BCUT2D eigenvalue weighted by molar-refractivity contribution is -0.164. The van der Waals surface area contributed by atoms with Crippen LogP contribution in [-0.4, -0.2) is 52.5 Å². The van der Waals surface area contributed by atoms with Crippen molar-refractivity contribution in [2.45, 2.75) is 64.1 Å². The minimum absolute atomic E-state index is 0.0543. The van der Waals surface area contributed by atoms with Crippen molar-refractivity contribution in [1.29, 1.82) is 0 Å². The standard InChI is InChI=1S/C15H25NO5/c1-5-20-12(18)15(9-17)10-6-7-11(8-10)16(15)13(19)21-14(2,3)4/h10-11,17H,5-9H2,1-4H3/t10-,11+,15-/m0/s1. The molecule has 1 saturated heterocycles. The second-order valence-electron chi connectivity index (χ2n) is 6.82. The summed E-state index contributed by atoms with van der Waals surface area (Å²) in [5.41, 5.74) is -1.92. The van der Waals surface area contributed by atoms with Gasteiger partial charge >= 0.3 is 12.1 Å². The minimum atomic E-state index is -1.28. The number of amides is 1. The molecular weight excluding hydrogens is 274 g/mol. The van der Waals surface area contributed by atoms with E-state index in [-0.39, 0.29) is 18.6 Å². The fraction of sp³-hybridized carbons (Fsp3) is 0.867. The van der Waals surface area contributed by atoms with Crippen molar-refractivity contribution in [1.82, 2.24) is 4.90 Å². The maximum Gasteiger partial charge on any atom is 0.411 e. The number of aliphatic hydroxyl groups excluding tert-OH is 1. The summed E-state index contributed by atoms with van der Waals surface area (Å²) in [4.78, 5) is 26.4. The predicted molar refractivity (Wildman–Crippen MR) is 75.7 cm³/mol. The normalized spacial score (nSPS) is 31.4. The van der Waals surface area contributed by atoms with Crippen LogP contribution in [0.25, 0.3) is 0 Å². The summed E-state index contributed by atoms with van der Waals surface area (Å²) in [6.07, 6.45) is 1.84. The Kier molecular flexibility index (Phi) is 4.19. The lowest BCUT2D eigenvalue weighted by Crippen LogP contribution is -2.63. The minimum Gasteiger partial charge on any atom is -0.464 e. The summed E-state index contributed by atoms with van der Waals surface area (Å²) in [7, 11) is 0. The Bertz CT molecular complexity index is 430. The Balaban J connectivity index is 2.32. The summed E-state index contributed by atoms with van der Waals surface area (Å²) in [5.74, 6) is -0.579. The Morgan fingerprint density at radius 1 is 1.33 bits per heavy atom. The van der Waals surface area contributed by atoms with E-state index < -0.39 is 29.8 Å². The Labute approximate surface area is 125 Å². The molecule has 0 radical (unpaired) electrons. The summed E-state index contributed by atoms with van der Waals surface area (Å²) in [6, 6.07) is -0.0543. The Morgan fingerprint density at radius 2 is 2.00 bits per heavy atom. The number of aliphatic hydroxyl groups is 1. The van der Waals surface area contributed by atoms with Gasteiger partial charge in [-0.2, -0.15) is 0 Å². The van der Waals surface area contributed by atoms with Gasteiger partial charge < -0.3 is 14.6 Å². The van der Waals surface area contributed by atoms with Crippen molar-refractivity contribution in [3.63, 3.8) is 0 Å². The molecule has 6 heteroatoms. The molecule has 6 nitrogen and oxygen atoms in total. The maximum atomic E-state index is 12.5. The SMILES string of the molecule is CCOC(=O)[C@]1(CO)[C@H]2CC[C@H](C2)N1C(=O)OC(C)(C)C. The highest BCUT2D eigenvalue weighted by Crippen LogP contribution is 2.50. The molecule has 2 rings (SSSR count). The first kappa shape index (κ1) is 16.1. The molecule has 0 aromatic rings. The monoisotopic (exact) mass is 299 g/mol. The molecule has 0 aromatic heterocycles. The van der Waals surface area contributed by atoms with Crippen molar-refractivity contribution < 1.29 is 24.2 Å². The van der Waals surface area contributed by atoms with E-state index >= 15 is 0 Å². The Morgan fingerprint density at radius 3 is 2.52 bits per heavy atom. The predicted octanol–water partition coefficient (Wildman–Crippen LogP) is 1.70. The molecule has 0 unspecified atom stereocenters. The van der Waals surface area contributed by atoms with Crippen LogP contribution in [0.4, 0.5) is 4.79 Å². The highest BCUT2D eigenvalue weighted by molar-refractivity contribution is 5.88. The van der Waals surface area contributed by atoms with Gasteiger partial charge in [0.25, 0.3) is 0 Å². The number of hydrogen-bond acceptors (Lipinski definition) is 5. The molecule has 2 aliphatic rings. The molecule has 1 aliphatic heterocycles. The first-order chi connectivity index (χ1) is 9.76. The Hall–Kier alpha value is -1.30. The largest absolute Gasteiger partial charge is 0.464 e. The van der Waals surface area contributed by atoms with E-state index in [0.717, 1.165) is 19.3 Å². The van der Waals surface area contributed by atoms with E-state index in [0.29, 0.717) is 0 Å². The number of carbonyl (C=O) groups excluding carboxylic acids is 2. The van der Waals surface area contributed by atoms with Gasteiger partial charge in [-0.05, 0) is 52.9 Å². The zero-order valence-electron chi connectivity index (χ0n) is 13.2. The van der Waals surface area contributed by atoms with Gasteiger partial charge in [0.05, 0.1) is 13.2 Å². The second kappa shape index (κ2) is 5.48. The molecule has 1 saturated carbocycles. The molecule has 1 aliphatic carbocycles. The summed E-state index contributed by atoms with van der Waals surface area (Å²) >= 11 is 0. The number of likely N-dealkylation sites (tertiary alicyclic amines) is 1. The first-order valence-corrected chi connectivity index (χ1v) is 7.56. The van der Waals surface area contributed by atoms with E-state index in [9.17, 15) is 14.7 Å². The molecule has 2 bridgehead atoms. The zero-order valence-corrected chi connectivity index (χ0v) is 13.2. The first-order valence-electron chi connectivity index (χ1n) is 7.56. The van der Waals surface area contributed by atoms with Gasteiger partial charge in [0.2, 0.25) is 0 Å². The number of carbonyl (C=O) groups is 2. The van der Waals surface area contributed by atoms with E-state index in [1.54, 1.807) is 27.7 Å². The van der Waals surface area contributed by atoms with Crippen LogP contribution >= 0.6 is 0 Å². The number of hydrogen-bond donors (Lipinski definition) is 1. The van der Waals surface area contributed by atoms with Gasteiger partial charge in [0, 0.05) is 6.04 Å². The molecular formula is C15H25NO5. The average molecular weight is 299 g/mol. The highest BCUT2D eigenvalue weighted by Gasteiger charge is 2.64. The number of nitrogens with zero attached hydrogens (tertiary/aromatic N) is 1. The maximum absolute atomic E-state index is 12.5. The van der Waals surface area contributed by atoms with Crippen molar-refractivity contribution in [2.24, 2.45) is 5.92 Å². The third-order valence-electron chi connectivity index (χ3n) is 4.34. The third kappa shape index (κ3) is 2.61. The van der Waals surface area contributed by atoms with Crippen LogP contribution in [0, 0.1) is 5.92 Å². The van der Waals surface area contributed by atoms with E-state index in [1.807, 2.05) is 0 Å². The summed E-state index contributed by atoms with van der Waals surface area (Å²) in [5, 5.41) is 9.90. The van der Waals surface area contributed by atoms with Crippen LogP contribution in [0.5, 0.6) is 0 Å². The number of fused-ring (bicyclic) bond motifs is 2. The number of piperidine rings is 1. The molecule has 2 fully saturated rings. The van der Waals surface area contributed by atoms with Gasteiger partial charge in [0.1, 0.15) is 5.60 Å². The number of rotatable bonds is 3. The molecule has 0 spiro atoms. The number of ether oxygens (including phenoxy) is 2. The van der Waals surface area contributed by atoms with Gasteiger partial charge in [-0.1, -0.05) is 0 Å². The van der Waals surface area contributed by atoms with E-state index in [4.69, 9.17) is 9.47 Å². The van der Waals surface area contributed by atoms with Crippen molar-refractivity contribution >= 4 is 12.1 Å². The van der Waals surface area contributed by atoms with Crippen molar-refractivity contribution in [2.75, 3.05) is 13.2 Å². The fourth-order valence-corrected chi connectivity index (χ4v) is 3.56. The van der Waals surface area contributed by atoms with Crippen molar-refractivity contribution in [3.05, 3.63) is 0 Å². The average Bonchev–Trinajstić information content (AvgIpc) is 2.95. The third-order valence-corrected chi connectivity index (χ3v) is 4.34. The molecule has 0 aromatic carbocycles. The molecule has 3 atom stereocenters. The molecule has 1 N–H and O–H groups in total. The van der Waals surface area contributed by atoms with E-state index in [2.05, 4.69) is 0 Å². The van der Waals surface area contributed by atoms with Crippen molar-refractivity contribution in [3.8, 4) is 0 Å². The zero-order chi connectivity index (χ0) is 15.8. The number of esters is 1. The van der Waals surface area contributed by atoms with Crippen LogP contribution in [0.15, 0.2) is 0 Å². The van der Waals surface area contributed by atoms with Crippen LogP contribution in [0.3, 0.4) is 0 Å². The van der Waals surface area contributed by atoms with Gasteiger partial charge in [-0.15, -0.1) is 0 Å².